The number of alkyl halides is 1. The molecule has 5 saturated heterocycles. The molecule has 5 aliphatic heterocycles. The summed E-state index contributed by atoms with van der Waals surface area (Å²) in [7, 11) is 0. The maximum atomic E-state index is 15.2. The molecule has 0 spiro atoms. The Morgan fingerprint density at radius 2 is 2.00 bits per heavy atom. The molecule has 5 aliphatic rings. The van der Waals surface area contributed by atoms with Gasteiger partial charge in [-0.05, 0) is 38.8 Å². The first-order valence-corrected chi connectivity index (χ1v) is 12.8. The first kappa shape index (κ1) is 24.3. The number of nitrogens with one attached hydrogen (secondary N) is 4. The number of ether oxygens (including phenoxy) is 1. The van der Waals surface area contributed by atoms with Crippen molar-refractivity contribution in [1.29, 1.82) is 5.26 Å². The van der Waals surface area contributed by atoms with Gasteiger partial charge in [-0.1, -0.05) is 0 Å². The Hall–Kier alpha value is -1.39. The van der Waals surface area contributed by atoms with Crippen molar-refractivity contribution < 1.29 is 13.9 Å². The lowest BCUT2D eigenvalue weighted by Crippen LogP contribution is -2.67. The fraction of sp³-hybridized carbons (Fsp3) is 0.913. The van der Waals surface area contributed by atoms with Gasteiger partial charge in [-0.3, -0.25) is 15.0 Å². The number of halogens is 1. The third-order valence-corrected chi connectivity index (χ3v) is 8.75. The van der Waals surface area contributed by atoms with Crippen molar-refractivity contribution in [3.05, 3.63) is 0 Å². The van der Waals surface area contributed by atoms with E-state index in [0.717, 1.165) is 39.1 Å². The molecule has 190 valence electrons. The number of rotatable bonds is 5. The molecule has 5 fully saturated rings. The second-order valence-electron chi connectivity index (χ2n) is 10.8. The number of piperidine rings is 2. The normalized spacial score (nSPS) is 41.3. The highest BCUT2D eigenvalue weighted by Crippen LogP contribution is 2.32. The molecule has 11 heteroatoms. The summed E-state index contributed by atoms with van der Waals surface area (Å²) in [6, 6.07) is 1.67. The number of nitriles is 1. The topological polar surface area (TPSA) is 131 Å². The van der Waals surface area contributed by atoms with Crippen LogP contribution in [-0.2, 0) is 9.53 Å². The number of hydrazine groups is 1. The highest BCUT2D eigenvalue weighted by atomic mass is 19.1. The van der Waals surface area contributed by atoms with E-state index in [1.54, 1.807) is 0 Å². The zero-order valence-corrected chi connectivity index (χ0v) is 20.0. The molecule has 8 unspecified atom stereocenters. The standard InChI is InChI=1S/C23H39FN8O2/c1-13(6-25)15-7-28-22-19(21(26)30-32(22)10-15)23(33)29-18-9-27-8-17(24)20(18)31-4-2-14(3-5-31)16-11-34-12-16/h13-22,27-28,30H,2-5,7-12,26H2,1H3,(H,29,33). The number of likely N-dealkylation sites (tertiary alicyclic amines) is 1. The SMILES string of the molecule is CC(C#N)C1CNC2C(C(=O)NC3CNCC(F)C3N3CCC(C4COC4)CC3)C(N)NN2C1. The molecule has 34 heavy (non-hydrogen) atoms. The molecule has 8 atom stereocenters. The molecular formula is C23H39FN8O2. The molecule has 0 bridgehead atoms. The van der Waals surface area contributed by atoms with Gasteiger partial charge in [-0.25, -0.2) is 14.8 Å². The lowest BCUT2D eigenvalue weighted by Gasteiger charge is -2.47. The van der Waals surface area contributed by atoms with Crippen LogP contribution in [0.2, 0.25) is 0 Å². The van der Waals surface area contributed by atoms with E-state index in [9.17, 15) is 10.1 Å². The number of carbonyl (C=O) groups is 1. The lowest BCUT2D eigenvalue weighted by atomic mass is 9.82. The fourth-order valence-electron chi connectivity index (χ4n) is 6.47. The summed E-state index contributed by atoms with van der Waals surface area (Å²) >= 11 is 0. The van der Waals surface area contributed by atoms with Gasteiger partial charge in [0.15, 0.2) is 0 Å². The maximum absolute atomic E-state index is 15.2. The number of nitrogens with zero attached hydrogens (tertiary/aromatic N) is 3. The van der Waals surface area contributed by atoms with E-state index in [0.29, 0.717) is 38.0 Å². The van der Waals surface area contributed by atoms with Crippen molar-refractivity contribution in [2.75, 3.05) is 52.5 Å². The van der Waals surface area contributed by atoms with Gasteiger partial charge >= 0.3 is 0 Å². The zero-order valence-electron chi connectivity index (χ0n) is 20.0. The maximum Gasteiger partial charge on any atom is 0.229 e. The Kier molecular flexibility index (Phi) is 7.37. The van der Waals surface area contributed by atoms with E-state index in [1.165, 1.54) is 0 Å². The smallest absolute Gasteiger partial charge is 0.229 e. The Labute approximate surface area is 201 Å². The monoisotopic (exact) mass is 478 g/mol. The molecule has 0 aromatic heterocycles. The summed E-state index contributed by atoms with van der Waals surface area (Å²) in [5.41, 5.74) is 9.55. The van der Waals surface area contributed by atoms with Crippen LogP contribution in [0.1, 0.15) is 19.8 Å². The largest absolute Gasteiger partial charge is 0.381 e. The summed E-state index contributed by atoms with van der Waals surface area (Å²) in [6.07, 6.45) is 0.312. The molecule has 0 aromatic carbocycles. The second kappa shape index (κ2) is 10.3. The average Bonchev–Trinajstić information content (AvgIpc) is 3.13. The quantitative estimate of drug-likeness (QED) is 0.323. The minimum atomic E-state index is -1.03. The third-order valence-electron chi connectivity index (χ3n) is 8.75. The van der Waals surface area contributed by atoms with E-state index in [4.69, 9.17) is 10.5 Å². The van der Waals surface area contributed by atoms with Crippen LogP contribution in [0.15, 0.2) is 0 Å². The van der Waals surface area contributed by atoms with Crippen molar-refractivity contribution in [3.8, 4) is 6.07 Å². The predicted octanol–water partition coefficient (Wildman–Crippen LogP) is -1.43. The molecule has 5 rings (SSSR count). The van der Waals surface area contributed by atoms with Gasteiger partial charge in [0.1, 0.15) is 6.17 Å². The minimum Gasteiger partial charge on any atom is -0.381 e. The molecule has 0 radical (unpaired) electrons. The van der Waals surface area contributed by atoms with Gasteiger partial charge in [0.2, 0.25) is 5.91 Å². The van der Waals surface area contributed by atoms with Crippen LogP contribution in [0.3, 0.4) is 0 Å². The molecule has 10 nitrogen and oxygen atoms in total. The first-order chi connectivity index (χ1) is 16.5. The molecule has 5 heterocycles. The van der Waals surface area contributed by atoms with Gasteiger partial charge in [0.05, 0.1) is 49.6 Å². The highest BCUT2D eigenvalue weighted by molar-refractivity contribution is 5.81. The van der Waals surface area contributed by atoms with Crippen LogP contribution >= 0.6 is 0 Å². The molecule has 0 saturated carbocycles. The molecule has 0 aliphatic carbocycles. The van der Waals surface area contributed by atoms with Crippen LogP contribution in [0.25, 0.3) is 0 Å². The number of hydrogen-bond acceptors (Lipinski definition) is 9. The van der Waals surface area contributed by atoms with Gasteiger partial charge in [-0.2, -0.15) is 5.26 Å². The summed E-state index contributed by atoms with van der Waals surface area (Å²) in [5, 5.41) is 20.9. The van der Waals surface area contributed by atoms with Crippen molar-refractivity contribution >= 4 is 5.91 Å². The van der Waals surface area contributed by atoms with E-state index < -0.39 is 18.3 Å². The third kappa shape index (κ3) is 4.69. The number of fused-ring (bicyclic) bond motifs is 1. The molecule has 0 aromatic rings. The van der Waals surface area contributed by atoms with Crippen LogP contribution in [-0.4, -0.2) is 98.9 Å². The van der Waals surface area contributed by atoms with Crippen LogP contribution in [0, 0.1) is 40.9 Å². The zero-order chi connectivity index (χ0) is 23.8. The van der Waals surface area contributed by atoms with Gasteiger partial charge in [0, 0.05) is 43.9 Å². The summed E-state index contributed by atoms with van der Waals surface area (Å²) in [5.74, 6) is 0.746. The van der Waals surface area contributed by atoms with E-state index >= 15 is 4.39 Å². The predicted molar refractivity (Wildman–Crippen MR) is 123 cm³/mol. The first-order valence-electron chi connectivity index (χ1n) is 12.8. The Balaban J connectivity index is 1.21. The lowest BCUT2D eigenvalue weighted by molar-refractivity contribution is -0.128. The molecular weight excluding hydrogens is 439 g/mol. The van der Waals surface area contributed by atoms with Gasteiger partial charge in [-0.15, -0.1) is 0 Å². The number of carbonyl (C=O) groups excluding carboxylic acids is 1. The Morgan fingerprint density at radius 1 is 1.24 bits per heavy atom. The van der Waals surface area contributed by atoms with Crippen molar-refractivity contribution in [2.45, 2.75) is 50.4 Å². The van der Waals surface area contributed by atoms with E-state index in [2.05, 4.69) is 32.3 Å². The minimum absolute atomic E-state index is 0.0872. The Bertz CT molecular complexity index is 771. The van der Waals surface area contributed by atoms with Crippen LogP contribution < -0.4 is 27.1 Å². The van der Waals surface area contributed by atoms with Crippen LogP contribution in [0.5, 0.6) is 0 Å². The molecule has 6 N–H and O–H groups in total. The van der Waals surface area contributed by atoms with Crippen LogP contribution in [0.4, 0.5) is 4.39 Å². The summed E-state index contributed by atoms with van der Waals surface area (Å²) in [4.78, 5) is 15.7. The van der Waals surface area contributed by atoms with Crippen molar-refractivity contribution in [1.82, 2.24) is 31.3 Å². The summed E-state index contributed by atoms with van der Waals surface area (Å²) < 4.78 is 20.5. The fourth-order valence-corrected chi connectivity index (χ4v) is 6.47. The second-order valence-corrected chi connectivity index (χ2v) is 10.8. The number of nitrogens with two attached hydrogens (primary N) is 1. The van der Waals surface area contributed by atoms with E-state index in [1.807, 2.05) is 11.9 Å². The highest BCUT2D eigenvalue weighted by Gasteiger charge is 2.49. The summed E-state index contributed by atoms with van der Waals surface area (Å²) in [6.45, 7) is 7.54. The van der Waals surface area contributed by atoms with E-state index in [-0.39, 0.29) is 36.0 Å². The van der Waals surface area contributed by atoms with Gasteiger partial charge in [0.25, 0.3) is 0 Å². The molecule has 1 amide bonds. The Morgan fingerprint density at radius 3 is 2.68 bits per heavy atom. The number of hydrogen-bond donors (Lipinski definition) is 5. The average molecular weight is 479 g/mol. The van der Waals surface area contributed by atoms with Crippen molar-refractivity contribution in [3.63, 3.8) is 0 Å². The number of amides is 1. The van der Waals surface area contributed by atoms with Crippen molar-refractivity contribution in [2.24, 2.45) is 35.3 Å². The van der Waals surface area contributed by atoms with Gasteiger partial charge < -0.3 is 21.1 Å².